The minimum atomic E-state index is -0.317. The van der Waals surface area contributed by atoms with Gasteiger partial charge in [0.1, 0.15) is 5.82 Å². The van der Waals surface area contributed by atoms with E-state index < -0.39 is 0 Å². The van der Waals surface area contributed by atoms with Crippen LogP contribution in [0.1, 0.15) is 5.56 Å². The molecule has 0 aromatic heterocycles. The van der Waals surface area contributed by atoms with Crippen LogP contribution < -0.4 is 11.1 Å². The van der Waals surface area contributed by atoms with Crippen LogP contribution in [0, 0.1) is 5.82 Å². The normalized spacial score (nSPS) is 10.2. The molecule has 0 atom stereocenters. The van der Waals surface area contributed by atoms with Gasteiger partial charge in [0, 0.05) is 10.2 Å². The molecule has 0 fully saturated rings. The Hall–Kier alpha value is -1.88. The van der Waals surface area contributed by atoms with E-state index in [0.717, 1.165) is 10.0 Å². The van der Waals surface area contributed by atoms with Crippen molar-refractivity contribution in [2.24, 2.45) is 0 Å². The first-order valence-electron chi connectivity index (χ1n) is 5.64. The van der Waals surface area contributed by atoms with Crippen molar-refractivity contribution in [2.75, 3.05) is 11.1 Å². The standard InChI is InChI=1S/C14H12BrFN2O/c15-12-6-5-11(17)8-13(12)18-14(19)7-9-1-3-10(16)4-2-9/h1-6,8H,7,17H2,(H,18,19). The number of hydrogen-bond acceptors (Lipinski definition) is 2. The zero-order valence-corrected chi connectivity index (χ0v) is 11.6. The van der Waals surface area contributed by atoms with E-state index in [1.54, 1.807) is 30.3 Å². The fourth-order valence-corrected chi connectivity index (χ4v) is 1.97. The summed E-state index contributed by atoms with van der Waals surface area (Å²) < 4.78 is 13.5. The molecule has 3 nitrogen and oxygen atoms in total. The number of nitrogen functional groups attached to an aromatic ring is 1. The van der Waals surface area contributed by atoms with Crippen LogP contribution in [0.5, 0.6) is 0 Å². The summed E-state index contributed by atoms with van der Waals surface area (Å²) in [6.45, 7) is 0. The lowest BCUT2D eigenvalue weighted by molar-refractivity contribution is -0.115. The fraction of sp³-hybridized carbons (Fsp3) is 0.0714. The maximum atomic E-state index is 12.7. The first-order chi connectivity index (χ1) is 9.04. The number of carbonyl (C=O) groups excluding carboxylic acids is 1. The summed E-state index contributed by atoms with van der Waals surface area (Å²) in [6, 6.07) is 11.0. The fourth-order valence-electron chi connectivity index (χ4n) is 1.62. The molecule has 0 aliphatic carbocycles. The summed E-state index contributed by atoms with van der Waals surface area (Å²) in [5.41, 5.74) is 7.60. The van der Waals surface area contributed by atoms with Crippen molar-refractivity contribution in [1.29, 1.82) is 0 Å². The van der Waals surface area contributed by atoms with Gasteiger partial charge in [0.05, 0.1) is 12.1 Å². The van der Waals surface area contributed by atoms with Crippen molar-refractivity contribution in [3.63, 3.8) is 0 Å². The third-order valence-electron chi connectivity index (χ3n) is 2.54. The Morgan fingerprint density at radius 2 is 1.89 bits per heavy atom. The van der Waals surface area contributed by atoms with E-state index in [1.807, 2.05) is 0 Å². The van der Waals surface area contributed by atoms with Crippen molar-refractivity contribution in [2.45, 2.75) is 6.42 Å². The molecule has 0 aliphatic heterocycles. The largest absolute Gasteiger partial charge is 0.399 e. The summed E-state index contributed by atoms with van der Waals surface area (Å²) in [5, 5.41) is 2.75. The van der Waals surface area contributed by atoms with Crippen LogP contribution in [-0.2, 0) is 11.2 Å². The van der Waals surface area contributed by atoms with Crippen molar-refractivity contribution < 1.29 is 9.18 Å². The summed E-state index contributed by atoms with van der Waals surface area (Å²) >= 11 is 3.33. The van der Waals surface area contributed by atoms with Gasteiger partial charge in [-0.15, -0.1) is 0 Å². The molecular formula is C14H12BrFN2O. The highest BCUT2D eigenvalue weighted by atomic mass is 79.9. The van der Waals surface area contributed by atoms with Crippen LogP contribution in [0.4, 0.5) is 15.8 Å². The highest BCUT2D eigenvalue weighted by Gasteiger charge is 2.07. The number of anilines is 2. The molecule has 0 unspecified atom stereocenters. The average Bonchev–Trinajstić information content (AvgIpc) is 2.37. The topological polar surface area (TPSA) is 55.1 Å². The molecule has 0 radical (unpaired) electrons. The average molecular weight is 323 g/mol. The maximum Gasteiger partial charge on any atom is 0.228 e. The van der Waals surface area contributed by atoms with Gasteiger partial charge in [-0.3, -0.25) is 4.79 Å². The van der Waals surface area contributed by atoms with E-state index in [2.05, 4.69) is 21.2 Å². The number of halogens is 2. The molecule has 0 heterocycles. The lowest BCUT2D eigenvalue weighted by Crippen LogP contribution is -2.14. The summed E-state index contributed by atoms with van der Waals surface area (Å²) in [5.74, 6) is -0.499. The van der Waals surface area contributed by atoms with Gasteiger partial charge in [0.2, 0.25) is 5.91 Å². The van der Waals surface area contributed by atoms with Gasteiger partial charge in [-0.05, 0) is 51.8 Å². The van der Waals surface area contributed by atoms with Crippen LogP contribution in [0.2, 0.25) is 0 Å². The quantitative estimate of drug-likeness (QED) is 0.851. The lowest BCUT2D eigenvalue weighted by Gasteiger charge is -2.08. The zero-order chi connectivity index (χ0) is 13.8. The van der Waals surface area contributed by atoms with Crippen molar-refractivity contribution in [3.8, 4) is 0 Å². The number of rotatable bonds is 3. The molecule has 0 saturated carbocycles. The Morgan fingerprint density at radius 3 is 2.58 bits per heavy atom. The Kier molecular flexibility index (Phi) is 4.16. The summed E-state index contributed by atoms with van der Waals surface area (Å²) in [6.07, 6.45) is 0.182. The van der Waals surface area contributed by atoms with Crippen LogP contribution in [0.25, 0.3) is 0 Å². The molecule has 2 aromatic rings. The van der Waals surface area contributed by atoms with E-state index in [-0.39, 0.29) is 18.1 Å². The van der Waals surface area contributed by atoms with Crippen molar-refractivity contribution in [1.82, 2.24) is 0 Å². The monoisotopic (exact) mass is 322 g/mol. The molecule has 5 heteroatoms. The molecule has 1 amide bonds. The maximum absolute atomic E-state index is 12.7. The third-order valence-corrected chi connectivity index (χ3v) is 3.23. The van der Waals surface area contributed by atoms with E-state index in [0.29, 0.717) is 11.4 Å². The van der Waals surface area contributed by atoms with E-state index in [4.69, 9.17) is 5.73 Å². The number of nitrogens with one attached hydrogen (secondary N) is 1. The molecule has 2 aromatic carbocycles. The molecule has 19 heavy (non-hydrogen) atoms. The molecule has 0 bridgehead atoms. The summed E-state index contributed by atoms with van der Waals surface area (Å²) in [7, 11) is 0. The van der Waals surface area contributed by atoms with Crippen LogP contribution in [0.3, 0.4) is 0 Å². The number of carbonyl (C=O) groups is 1. The molecule has 2 rings (SSSR count). The Balaban J connectivity index is 2.05. The Morgan fingerprint density at radius 1 is 1.21 bits per heavy atom. The first-order valence-corrected chi connectivity index (χ1v) is 6.43. The van der Waals surface area contributed by atoms with Gasteiger partial charge in [0.25, 0.3) is 0 Å². The highest BCUT2D eigenvalue weighted by Crippen LogP contribution is 2.24. The van der Waals surface area contributed by atoms with Crippen molar-refractivity contribution >= 4 is 33.2 Å². The van der Waals surface area contributed by atoms with Crippen LogP contribution in [0.15, 0.2) is 46.9 Å². The van der Waals surface area contributed by atoms with Gasteiger partial charge < -0.3 is 11.1 Å². The second-order valence-corrected chi connectivity index (χ2v) is 4.95. The molecule has 0 aliphatic rings. The number of benzene rings is 2. The van der Waals surface area contributed by atoms with Gasteiger partial charge in [-0.1, -0.05) is 12.1 Å². The van der Waals surface area contributed by atoms with E-state index in [1.165, 1.54) is 12.1 Å². The van der Waals surface area contributed by atoms with Crippen LogP contribution in [-0.4, -0.2) is 5.91 Å². The van der Waals surface area contributed by atoms with Gasteiger partial charge >= 0.3 is 0 Å². The van der Waals surface area contributed by atoms with Gasteiger partial charge in [-0.2, -0.15) is 0 Å². The van der Waals surface area contributed by atoms with E-state index in [9.17, 15) is 9.18 Å². The zero-order valence-electron chi connectivity index (χ0n) is 9.99. The lowest BCUT2D eigenvalue weighted by atomic mass is 10.1. The highest BCUT2D eigenvalue weighted by molar-refractivity contribution is 9.10. The molecule has 0 spiro atoms. The third kappa shape index (κ3) is 3.79. The number of nitrogens with two attached hydrogens (primary N) is 1. The second-order valence-electron chi connectivity index (χ2n) is 4.09. The second kappa shape index (κ2) is 5.84. The molecule has 0 saturated heterocycles. The molecule has 98 valence electrons. The van der Waals surface area contributed by atoms with E-state index >= 15 is 0 Å². The minimum Gasteiger partial charge on any atom is -0.399 e. The van der Waals surface area contributed by atoms with Crippen LogP contribution >= 0.6 is 15.9 Å². The minimum absolute atomic E-state index is 0.182. The molecule has 3 N–H and O–H groups in total. The van der Waals surface area contributed by atoms with Gasteiger partial charge in [-0.25, -0.2) is 4.39 Å². The Labute approximate surface area is 118 Å². The molecular weight excluding hydrogens is 311 g/mol. The first kappa shape index (κ1) is 13.5. The number of hydrogen-bond donors (Lipinski definition) is 2. The Bertz CT molecular complexity index is 599. The SMILES string of the molecule is Nc1ccc(Br)c(NC(=O)Cc2ccc(F)cc2)c1. The van der Waals surface area contributed by atoms with Gasteiger partial charge in [0.15, 0.2) is 0 Å². The summed E-state index contributed by atoms with van der Waals surface area (Å²) in [4.78, 5) is 11.9. The predicted octanol–water partition coefficient (Wildman–Crippen LogP) is 3.35. The van der Waals surface area contributed by atoms with Crippen molar-refractivity contribution in [3.05, 3.63) is 58.3 Å². The smallest absolute Gasteiger partial charge is 0.228 e. The number of amides is 1. The predicted molar refractivity (Wildman–Crippen MR) is 77.3 cm³/mol.